The molecule has 2 aliphatic rings. The third-order valence-corrected chi connectivity index (χ3v) is 6.58. The van der Waals surface area contributed by atoms with Crippen LogP contribution in [-0.2, 0) is 16.1 Å². The van der Waals surface area contributed by atoms with Crippen molar-refractivity contribution < 1.29 is 37.0 Å². The molecule has 2 aliphatic heterocycles. The zero-order chi connectivity index (χ0) is 26.6. The molecule has 2 aromatic carbocycles. The minimum Gasteiger partial charge on any atom is -0.465 e. The van der Waals surface area contributed by atoms with Gasteiger partial charge in [-0.3, -0.25) is 14.5 Å². The first-order valence-corrected chi connectivity index (χ1v) is 12.3. The van der Waals surface area contributed by atoms with Gasteiger partial charge in [0, 0.05) is 12.6 Å². The molecule has 12 heteroatoms. The molecule has 0 unspecified atom stereocenters. The largest absolute Gasteiger partial charge is 0.465 e. The number of hydrogen-bond donors (Lipinski definition) is 1. The van der Waals surface area contributed by atoms with Gasteiger partial charge in [-0.15, -0.1) is 0 Å². The molecule has 0 saturated carbocycles. The predicted octanol–water partition coefficient (Wildman–Crippen LogP) is 4.79. The predicted molar refractivity (Wildman–Crippen MR) is 136 cm³/mol. The third kappa shape index (κ3) is 5.65. The summed E-state index contributed by atoms with van der Waals surface area (Å²) < 4.78 is 45.5. The molecular formula is C26H21F2N3O6S. The van der Waals surface area contributed by atoms with Crippen LogP contribution < -0.4 is 24.4 Å². The first-order valence-electron chi connectivity index (χ1n) is 11.4. The molecule has 0 spiro atoms. The number of carbonyl (C=O) groups is 2. The second kappa shape index (κ2) is 11.0. The van der Waals surface area contributed by atoms with Crippen LogP contribution in [0.3, 0.4) is 0 Å². The maximum absolute atomic E-state index is 13.3. The first-order chi connectivity index (χ1) is 18.4. The molecule has 2 amide bonds. The Morgan fingerprint density at radius 1 is 1.18 bits per heavy atom. The van der Waals surface area contributed by atoms with Crippen molar-refractivity contribution in [1.29, 1.82) is 0 Å². The van der Waals surface area contributed by atoms with E-state index in [2.05, 4.69) is 15.0 Å². The Balaban J connectivity index is 1.32. The molecule has 5 rings (SSSR count). The van der Waals surface area contributed by atoms with Gasteiger partial charge in [-0.1, -0.05) is 17.8 Å². The Hall–Kier alpha value is -4.32. The standard InChI is InChI=1S/C26H21F2N3O6S/c1-15(23(32)29-13-16-4-9-21-22(11-16)36-14-35-21)38-26-30-20(12-19-3-2-10-34-19)24(33)31(26)17-5-7-18(8-6-17)37-25(27)28/h2-12,15,25H,13-14H2,1H3,(H,29,32)/b20-12-/t15-/m0/s1. The summed E-state index contributed by atoms with van der Waals surface area (Å²) in [6, 6.07) is 14.3. The van der Waals surface area contributed by atoms with Crippen LogP contribution in [0.15, 0.2) is 76.0 Å². The van der Waals surface area contributed by atoms with Crippen molar-refractivity contribution in [2.24, 2.45) is 4.99 Å². The number of amides is 2. The molecule has 0 bridgehead atoms. The van der Waals surface area contributed by atoms with Crippen LogP contribution in [-0.4, -0.2) is 35.6 Å². The van der Waals surface area contributed by atoms with E-state index in [1.807, 2.05) is 6.07 Å². The number of rotatable bonds is 8. The van der Waals surface area contributed by atoms with Gasteiger partial charge in [-0.2, -0.15) is 8.78 Å². The molecule has 0 fully saturated rings. The second-order valence-corrected chi connectivity index (χ2v) is 9.43. The maximum atomic E-state index is 13.3. The van der Waals surface area contributed by atoms with E-state index in [4.69, 9.17) is 13.9 Å². The highest BCUT2D eigenvalue weighted by atomic mass is 32.2. The number of nitrogens with zero attached hydrogens (tertiary/aromatic N) is 2. The van der Waals surface area contributed by atoms with E-state index < -0.39 is 17.8 Å². The minimum absolute atomic E-state index is 0.0517. The van der Waals surface area contributed by atoms with Crippen molar-refractivity contribution in [1.82, 2.24) is 5.32 Å². The quantitative estimate of drug-likeness (QED) is 0.409. The Kier molecular flexibility index (Phi) is 7.31. The van der Waals surface area contributed by atoms with E-state index in [0.717, 1.165) is 17.3 Å². The Morgan fingerprint density at radius 2 is 1.97 bits per heavy atom. The molecule has 1 atom stereocenters. The number of hydrogen-bond acceptors (Lipinski definition) is 8. The monoisotopic (exact) mass is 541 g/mol. The summed E-state index contributed by atoms with van der Waals surface area (Å²) in [7, 11) is 0. The van der Waals surface area contributed by atoms with Gasteiger partial charge >= 0.3 is 6.61 Å². The molecular weight excluding hydrogens is 520 g/mol. The fourth-order valence-electron chi connectivity index (χ4n) is 3.68. The lowest BCUT2D eigenvalue weighted by Crippen LogP contribution is -2.35. The molecule has 0 saturated heterocycles. The van der Waals surface area contributed by atoms with Gasteiger partial charge in [0.2, 0.25) is 12.7 Å². The molecule has 0 aliphatic carbocycles. The number of nitrogens with one attached hydrogen (secondary N) is 1. The van der Waals surface area contributed by atoms with Crippen molar-refractivity contribution in [3.63, 3.8) is 0 Å². The summed E-state index contributed by atoms with van der Waals surface area (Å²) in [6.45, 7) is -0.848. The highest BCUT2D eigenvalue weighted by Crippen LogP contribution is 2.34. The fourth-order valence-corrected chi connectivity index (χ4v) is 4.63. The smallest absolute Gasteiger partial charge is 0.387 e. The Labute approximate surface area is 220 Å². The number of alkyl halides is 2. The summed E-state index contributed by atoms with van der Waals surface area (Å²) in [5, 5.41) is 2.50. The summed E-state index contributed by atoms with van der Waals surface area (Å²) in [6.07, 6.45) is 2.96. The lowest BCUT2D eigenvalue weighted by atomic mass is 10.2. The van der Waals surface area contributed by atoms with Crippen LogP contribution in [0.2, 0.25) is 0 Å². The zero-order valence-electron chi connectivity index (χ0n) is 19.9. The molecule has 3 aromatic rings. The molecule has 1 N–H and O–H groups in total. The van der Waals surface area contributed by atoms with Crippen molar-refractivity contribution in [3.05, 3.63) is 77.9 Å². The van der Waals surface area contributed by atoms with Crippen molar-refractivity contribution in [3.8, 4) is 17.2 Å². The van der Waals surface area contributed by atoms with Gasteiger partial charge in [0.1, 0.15) is 17.2 Å². The summed E-state index contributed by atoms with van der Waals surface area (Å²) in [5.41, 5.74) is 1.31. The number of carbonyl (C=O) groups excluding carboxylic acids is 2. The second-order valence-electron chi connectivity index (χ2n) is 8.12. The molecule has 1 aromatic heterocycles. The molecule has 38 heavy (non-hydrogen) atoms. The van der Waals surface area contributed by atoms with E-state index >= 15 is 0 Å². The van der Waals surface area contributed by atoms with E-state index in [1.165, 1.54) is 41.5 Å². The number of ether oxygens (including phenoxy) is 3. The van der Waals surface area contributed by atoms with Crippen LogP contribution in [0.25, 0.3) is 6.08 Å². The third-order valence-electron chi connectivity index (χ3n) is 5.53. The lowest BCUT2D eigenvalue weighted by molar-refractivity contribution is -0.120. The number of benzene rings is 2. The van der Waals surface area contributed by atoms with Crippen LogP contribution in [0.4, 0.5) is 14.5 Å². The van der Waals surface area contributed by atoms with E-state index in [9.17, 15) is 18.4 Å². The van der Waals surface area contributed by atoms with E-state index in [1.54, 1.807) is 31.2 Å². The topological polar surface area (TPSA) is 103 Å². The summed E-state index contributed by atoms with van der Waals surface area (Å²) in [5.74, 6) is 0.920. The minimum atomic E-state index is -2.97. The average Bonchev–Trinajstić information content (AvgIpc) is 3.64. The van der Waals surface area contributed by atoms with Gasteiger partial charge in [0.05, 0.1) is 17.2 Å². The van der Waals surface area contributed by atoms with Gasteiger partial charge in [0.15, 0.2) is 16.7 Å². The SMILES string of the molecule is C[C@H](SC1=N/C(=C\c2ccco2)C(=O)N1c1ccc(OC(F)F)cc1)C(=O)NCc1ccc2c(c1)OCO2. The van der Waals surface area contributed by atoms with Gasteiger partial charge in [-0.25, -0.2) is 4.99 Å². The first kappa shape index (κ1) is 25.3. The number of amidine groups is 1. The normalized spacial score (nSPS) is 16.2. The number of anilines is 1. The summed E-state index contributed by atoms with van der Waals surface area (Å²) in [4.78, 5) is 31.9. The fraction of sp³-hybridized carbons (Fsp3) is 0.192. The van der Waals surface area contributed by atoms with Crippen molar-refractivity contribution >= 4 is 40.5 Å². The van der Waals surface area contributed by atoms with Gasteiger partial charge < -0.3 is 23.9 Å². The highest BCUT2D eigenvalue weighted by molar-refractivity contribution is 8.15. The number of thioether (sulfide) groups is 1. The molecule has 0 radical (unpaired) electrons. The number of halogens is 2. The van der Waals surface area contributed by atoms with Crippen LogP contribution in [0, 0.1) is 0 Å². The number of aliphatic imine (C=N–C) groups is 1. The summed E-state index contributed by atoms with van der Waals surface area (Å²) >= 11 is 1.08. The molecule has 3 heterocycles. The molecule has 9 nitrogen and oxygen atoms in total. The van der Waals surface area contributed by atoms with Crippen LogP contribution >= 0.6 is 11.8 Å². The Morgan fingerprint density at radius 3 is 2.71 bits per heavy atom. The lowest BCUT2D eigenvalue weighted by Gasteiger charge is -2.20. The average molecular weight is 542 g/mol. The van der Waals surface area contributed by atoms with Gasteiger partial charge in [0.25, 0.3) is 5.91 Å². The van der Waals surface area contributed by atoms with Crippen LogP contribution in [0.1, 0.15) is 18.2 Å². The van der Waals surface area contributed by atoms with E-state index in [-0.39, 0.29) is 35.9 Å². The molecule has 196 valence electrons. The van der Waals surface area contributed by atoms with Gasteiger partial charge in [-0.05, 0) is 61.0 Å². The van der Waals surface area contributed by atoms with Crippen LogP contribution in [0.5, 0.6) is 17.2 Å². The van der Waals surface area contributed by atoms with E-state index in [0.29, 0.717) is 22.9 Å². The number of furan rings is 1. The van der Waals surface area contributed by atoms with Crippen molar-refractivity contribution in [2.75, 3.05) is 11.7 Å². The zero-order valence-corrected chi connectivity index (χ0v) is 20.7. The van der Waals surface area contributed by atoms with Crippen molar-refractivity contribution in [2.45, 2.75) is 25.3 Å². The number of fused-ring (bicyclic) bond motifs is 1. The Bertz CT molecular complexity index is 1390. The maximum Gasteiger partial charge on any atom is 0.387 e. The highest BCUT2D eigenvalue weighted by Gasteiger charge is 2.34.